The van der Waals surface area contributed by atoms with Crippen molar-refractivity contribution in [2.75, 3.05) is 7.05 Å². The zero-order chi connectivity index (χ0) is 12.0. The summed E-state index contributed by atoms with van der Waals surface area (Å²) in [6, 6.07) is 6.81. The number of hydrogen-bond acceptors (Lipinski definition) is 1. The average Bonchev–Trinajstić information content (AvgIpc) is 2.28. The molecule has 0 aliphatic rings. The minimum absolute atomic E-state index is 0.387. The number of benzene rings is 1. The van der Waals surface area contributed by atoms with Crippen LogP contribution in [0.4, 0.5) is 0 Å². The number of hydrogen-bond donors (Lipinski definition) is 1. The van der Waals surface area contributed by atoms with Gasteiger partial charge in [-0.3, -0.25) is 0 Å². The van der Waals surface area contributed by atoms with Gasteiger partial charge in [-0.05, 0) is 50.6 Å². The second-order valence-corrected chi connectivity index (χ2v) is 4.72. The Morgan fingerprint density at radius 3 is 2.81 bits per heavy atom. The maximum atomic E-state index is 3.52. The molecule has 2 heteroatoms. The highest BCUT2D eigenvalue weighted by atomic mass is 79.9. The van der Waals surface area contributed by atoms with Crippen LogP contribution < -0.4 is 5.32 Å². The zero-order valence-corrected chi connectivity index (χ0v) is 11.7. The Morgan fingerprint density at radius 2 is 2.19 bits per heavy atom. The fraction of sp³-hybridized carbons (Fsp3) is 0.429. The SMILES string of the molecule is CC#CCCC(NC)c1cc(Br)ccc1C. The molecular weight excluding hydrogens is 262 g/mol. The van der Waals surface area contributed by atoms with Gasteiger partial charge < -0.3 is 5.32 Å². The van der Waals surface area contributed by atoms with Crippen molar-refractivity contribution in [1.82, 2.24) is 5.32 Å². The van der Waals surface area contributed by atoms with Gasteiger partial charge in [0.2, 0.25) is 0 Å². The molecule has 0 spiro atoms. The molecule has 0 heterocycles. The van der Waals surface area contributed by atoms with Crippen LogP contribution in [0.5, 0.6) is 0 Å². The van der Waals surface area contributed by atoms with Crippen LogP contribution >= 0.6 is 15.9 Å². The fourth-order valence-corrected chi connectivity index (χ4v) is 2.16. The Bertz CT molecular complexity index is 401. The third kappa shape index (κ3) is 3.66. The molecule has 1 atom stereocenters. The smallest absolute Gasteiger partial charge is 0.0329 e. The lowest BCUT2D eigenvalue weighted by Crippen LogP contribution is -2.17. The first-order chi connectivity index (χ1) is 7.69. The van der Waals surface area contributed by atoms with Crippen LogP contribution in [0.25, 0.3) is 0 Å². The Kier molecular flexibility index (Phi) is 5.59. The van der Waals surface area contributed by atoms with Crippen LogP contribution in [0, 0.1) is 18.8 Å². The maximum Gasteiger partial charge on any atom is 0.0329 e. The largest absolute Gasteiger partial charge is 0.313 e. The highest BCUT2D eigenvalue weighted by molar-refractivity contribution is 9.10. The Labute approximate surface area is 107 Å². The molecule has 0 aliphatic carbocycles. The summed E-state index contributed by atoms with van der Waals surface area (Å²) >= 11 is 3.52. The van der Waals surface area contributed by atoms with Crippen molar-refractivity contribution in [3.8, 4) is 11.8 Å². The van der Waals surface area contributed by atoms with Gasteiger partial charge in [-0.15, -0.1) is 11.8 Å². The number of nitrogens with one attached hydrogen (secondary N) is 1. The van der Waals surface area contributed by atoms with Crippen LogP contribution in [0.2, 0.25) is 0 Å². The summed E-state index contributed by atoms with van der Waals surface area (Å²) in [5, 5.41) is 3.36. The van der Waals surface area contributed by atoms with Crippen LogP contribution in [0.1, 0.15) is 36.9 Å². The fourth-order valence-electron chi connectivity index (χ4n) is 1.78. The first-order valence-corrected chi connectivity index (χ1v) is 6.31. The van der Waals surface area contributed by atoms with Crippen molar-refractivity contribution in [2.45, 2.75) is 32.7 Å². The van der Waals surface area contributed by atoms with Crippen LogP contribution in [-0.2, 0) is 0 Å². The Balaban J connectivity index is 2.84. The molecule has 0 saturated carbocycles. The molecule has 1 aromatic carbocycles. The lowest BCUT2D eigenvalue weighted by Gasteiger charge is -2.18. The van der Waals surface area contributed by atoms with E-state index < -0.39 is 0 Å². The molecule has 1 N–H and O–H groups in total. The minimum Gasteiger partial charge on any atom is -0.313 e. The monoisotopic (exact) mass is 279 g/mol. The lowest BCUT2D eigenvalue weighted by molar-refractivity contribution is 0.555. The molecule has 0 fully saturated rings. The van der Waals surface area contributed by atoms with Gasteiger partial charge in [-0.2, -0.15) is 0 Å². The molecule has 1 aromatic rings. The van der Waals surface area contributed by atoms with E-state index in [1.54, 1.807) is 0 Å². The quantitative estimate of drug-likeness (QED) is 0.827. The molecule has 0 saturated heterocycles. The Hall–Kier alpha value is -0.780. The molecule has 0 aromatic heterocycles. The van der Waals surface area contributed by atoms with Crippen molar-refractivity contribution in [3.05, 3.63) is 33.8 Å². The number of aryl methyl sites for hydroxylation is 1. The van der Waals surface area contributed by atoms with E-state index in [4.69, 9.17) is 0 Å². The van der Waals surface area contributed by atoms with Crippen molar-refractivity contribution >= 4 is 15.9 Å². The van der Waals surface area contributed by atoms with E-state index >= 15 is 0 Å². The third-order valence-electron chi connectivity index (χ3n) is 2.70. The molecule has 16 heavy (non-hydrogen) atoms. The summed E-state index contributed by atoms with van der Waals surface area (Å²) < 4.78 is 1.13. The molecule has 0 aliphatic heterocycles. The zero-order valence-electron chi connectivity index (χ0n) is 10.1. The summed E-state index contributed by atoms with van der Waals surface area (Å²) in [5.41, 5.74) is 2.68. The standard InChI is InChI=1S/C14H18BrN/c1-4-5-6-7-14(16-3)13-10-12(15)9-8-11(13)2/h8-10,14,16H,6-7H2,1-3H3. The van der Waals surface area contributed by atoms with Gasteiger partial charge in [0, 0.05) is 16.9 Å². The van der Waals surface area contributed by atoms with Crippen LogP contribution in [-0.4, -0.2) is 7.05 Å². The van der Waals surface area contributed by atoms with Crippen molar-refractivity contribution in [1.29, 1.82) is 0 Å². The van der Waals surface area contributed by atoms with E-state index in [1.165, 1.54) is 11.1 Å². The second kappa shape index (κ2) is 6.73. The van der Waals surface area contributed by atoms with E-state index in [2.05, 4.69) is 58.2 Å². The van der Waals surface area contributed by atoms with E-state index in [9.17, 15) is 0 Å². The molecular formula is C14H18BrN. The first kappa shape index (κ1) is 13.3. The summed E-state index contributed by atoms with van der Waals surface area (Å²) in [6.07, 6.45) is 1.99. The van der Waals surface area contributed by atoms with E-state index in [-0.39, 0.29) is 0 Å². The molecule has 86 valence electrons. The van der Waals surface area contributed by atoms with Crippen molar-refractivity contribution in [3.63, 3.8) is 0 Å². The van der Waals surface area contributed by atoms with Crippen LogP contribution in [0.3, 0.4) is 0 Å². The molecule has 1 rings (SSSR count). The van der Waals surface area contributed by atoms with E-state index in [0.717, 1.165) is 17.3 Å². The lowest BCUT2D eigenvalue weighted by atomic mass is 9.98. The summed E-state index contributed by atoms with van der Waals surface area (Å²) in [5.74, 6) is 6.05. The van der Waals surface area contributed by atoms with Gasteiger partial charge in [0.15, 0.2) is 0 Å². The van der Waals surface area contributed by atoms with Gasteiger partial charge in [-0.25, -0.2) is 0 Å². The van der Waals surface area contributed by atoms with Crippen LogP contribution in [0.15, 0.2) is 22.7 Å². The Morgan fingerprint density at radius 1 is 1.44 bits per heavy atom. The number of rotatable bonds is 4. The molecule has 1 nitrogen and oxygen atoms in total. The second-order valence-electron chi connectivity index (χ2n) is 3.81. The predicted molar refractivity (Wildman–Crippen MR) is 73.4 cm³/mol. The molecule has 0 bridgehead atoms. The molecule has 1 unspecified atom stereocenters. The average molecular weight is 280 g/mol. The maximum absolute atomic E-state index is 3.52. The number of halogens is 1. The molecule has 0 amide bonds. The summed E-state index contributed by atoms with van der Waals surface area (Å²) in [7, 11) is 2.00. The van der Waals surface area contributed by atoms with Gasteiger partial charge in [0.1, 0.15) is 0 Å². The highest BCUT2D eigenvalue weighted by Gasteiger charge is 2.11. The molecule has 0 radical (unpaired) electrons. The normalized spacial score (nSPS) is 11.8. The van der Waals surface area contributed by atoms with Crippen molar-refractivity contribution in [2.24, 2.45) is 0 Å². The predicted octanol–water partition coefficient (Wildman–Crippen LogP) is 3.82. The topological polar surface area (TPSA) is 12.0 Å². The van der Waals surface area contributed by atoms with Crippen molar-refractivity contribution < 1.29 is 0 Å². The first-order valence-electron chi connectivity index (χ1n) is 5.52. The van der Waals surface area contributed by atoms with Gasteiger partial charge in [0.25, 0.3) is 0 Å². The summed E-state index contributed by atoms with van der Waals surface area (Å²) in [4.78, 5) is 0. The van der Waals surface area contributed by atoms with E-state index in [0.29, 0.717) is 6.04 Å². The van der Waals surface area contributed by atoms with Gasteiger partial charge >= 0.3 is 0 Å². The van der Waals surface area contributed by atoms with E-state index in [1.807, 2.05) is 14.0 Å². The van der Waals surface area contributed by atoms with Gasteiger partial charge in [-0.1, -0.05) is 22.0 Å². The highest BCUT2D eigenvalue weighted by Crippen LogP contribution is 2.25. The van der Waals surface area contributed by atoms with Gasteiger partial charge in [0.05, 0.1) is 0 Å². The minimum atomic E-state index is 0.387. The summed E-state index contributed by atoms with van der Waals surface area (Å²) in [6.45, 7) is 4.04. The third-order valence-corrected chi connectivity index (χ3v) is 3.19.